The van der Waals surface area contributed by atoms with Crippen LogP contribution in [0.3, 0.4) is 0 Å². The lowest BCUT2D eigenvalue weighted by molar-refractivity contribution is 0.184. The van der Waals surface area contributed by atoms with Gasteiger partial charge >= 0.3 is 0 Å². The van der Waals surface area contributed by atoms with Crippen LogP contribution in [0.2, 0.25) is 10.0 Å². The van der Waals surface area contributed by atoms with Crippen LogP contribution in [0.4, 0.5) is 0 Å². The molecule has 1 aliphatic heterocycles. The van der Waals surface area contributed by atoms with Crippen LogP contribution in [-0.2, 0) is 6.54 Å². The highest BCUT2D eigenvalue weighted by Gasteiger charge is 2.45. The Hall–Kier alpha value is -0.240. The molecule has 1 aliphatic rings. The zero-order chi connectivity index (χ0) is 13.6. The summed E-state index contributed by atoms with van der Waals surface area (Å²) in [4.78, 5) is 2.48. The molecule has 0 radical (unpaired) electrons. The maximum Gasteiger partial charge on any atom is 0.0465 e. The van der Waals surface area contributed by atoms with E-state index < -0.39 is 0 Å². The molecule has 3 heteroatoms. The fourth-order valence-electron chi connectivity index (χ4n) is 2.60. The largest absolute Gasteiger partial charge is 0.298 e. The highest BCUT2D eigenvalue weighted by molar-refractivity contribution is 6.35. The van der Waals surface area contributed by atoms with Crippen LogP contribution < -0.4 is 0 Å². The van der Waals surface area contributed by atoms with E-state index in [9.17, 15) is 0 Å². The Morgan fingerprint density at radius 2 is 1.61 bits per heavy atom. The minimum absolute atomic E-state index is 0.339. The molecule has 0 spiro atoms. The Morgan fingerprint density at radius 1 is 1.06 bits per heavy atom. The first-order chi connectivity index (χ1) is 8.21. The fourth-order valence-corrected chi connectivity index (χ4v) is 3.07. The molecule has 1 saturated heterocycles. The number of rotatable bonds is 2. The number of nitrogens with zero attached hydrogens (tertiary/aromatic N) is 1. The van der Waals surface area contributed by atoms with Crippen molar-refractivity contribution in [3.05, 3.63) is 33.8 Å². The second-order valence-electron chi connectivity index (χ2n) is 6.65. The maximum absolute atomic E-state index is 6.24. The Labute approximate surface area is 120 Å². The maximum atomic E-state index is 6.24. The molecule has 100 valence electrons. The van der Waals surface area contributed by atoms with Crippen molar-refractivity contribution in [1.82, 2.24) is 4.90 Å². The molecule has 1 aromatic rings. The van der Waals surface area contributed by atoms with Crippen molar-refractivity contribution in [3.8, 4) is 0 Å². The highest BCUT2D eigenvalue weighted by atomic mass is 35.5. The van der Waals surface area contributed by atoms with Crippen LogP contribution >= 0.6 is 23.2 Å². The molecule has 0 aliphatic carbocycles. The van der Waals surface area contributed by atoms with Crippen molar-refractivity contribution in [1.29, 1.82) is 0 Å². The first-order valence-electron chi connectivity index (χ1n) is 6.38. The molecule has 1 nitrogen and oxygen atoms in total. The normalized spacial score (nSPS) is 22.3. The van der Waals surface area contributed by atoms with E-state index in [1.54, 1.807) is 0 Å². The minimum Gasteiger partial charge on any atom is -0.298 e. The van der Waals surface area contributed by atoms with Crippen LogP contribution in [-0.4, -0.2) is 18.0 Å². The van der Waals surface area contributed by atoms with Gasteiger partial charge in [0.2, 0.25) is 0 Å². The van der Waals surface area contributed by atoms with Crippen molar-refractivity contribution >= 4 is 23.2 Å². The third-order valence-electron chi connectivity index (χ3n) is 4.48. The monoisotopic (exact) mass is 285 g/mol. The third-order valence-corrected chi connectivity index (χ3v) is 5.07. The Bertz CT molecular complexity index is 436. The van der Waals surface area contributed by atoms with E-state index >= 15 is 0 Å². The smallest absolute Gasteiger partial charge is 0.0465 e. The highest BCUT2D eigenvalue weighted by Crippen LogP contribution is 2.45. The summed E-state index contributed by atoms with van der Waals surface area (Å²) in [6, 6.07) is 5.77. The summed E-state index contributed by atoms with van der Waals surface area (Å²) in [6.07, 6.45) is 0. The zero-order valence-corrected chi connectivity index (χ0v) is 13.1. The minimum atomic E-state index is 0.339. The molecule has 1 heterocycles. The molecule has 0 amide bonds. The van der Waals surface area contributed by atoms with E-state index in [0.29, 0.717) is 15.9 Å². The van der Waals surface area contributed by atoms with Gasteiger partial charge in [-0.15, -0.1) is 0 Å². The van der Waals surface area contributed by atoms with E-state index in [-0.39, 0.29) is 0 Å². The van der Waals surface area contributed by atoms with Crippen LogP contribution in [0.5, 0.6) is 0 Å². The van der Waals surface area contributed by atoms with Gasteiger partial charge in [0.25, 0.3) is 0 Å². The fraction of sp³-hybridized carbons (Fsp3) is 0.600. The number of hydrogen-bond acceptors (Lipinski definition) is 1. The average Bonchev–Trinajstić information content (AvgIpc) is 2.40. The molecule has 1 fully saturated rings. The number of hydrogen-bond donors (Lipinski definition) is 0. The van der Waals surface area contributed by atoms with Crippen LogP contribution in [0.1, 0.15) is 33.3 Å². The molecule has 0 aromatic heterocycles. The van der Waals surface area contributed by atoms with Gasteiger partial charge in [0.05, 0.1) is 0 Å². The van der Waals surface area contributed by atoms with Gasteiger partial charge in [0.15, 0.2) is 0 Å². The van der Waals surface area contributed by atoms with E-state index in [0.717, 1.165) is 30.2 Å². The summed E-state index contributed by atoms with van der Waals surface area (Å²) in [5.41, 5.74) is 1.84. The van der Waals surface area contributed by atoms with Crippen molar-refractivity contribution in [2.45, 2.75) is 34.2 Å². The van der Waals surface area contributed by atoms with Gasteiger partial charge in [-0.1, -0.05) is 57.0 Å². The summed E-state index contributed by atoms with van der Waals surface area (Å²) in [5.74, 6) is 0. The lowest BCUT2D eigenvalue weighted by atomic mass is 9.71. The first-order valence-corrected chi connectivity index (χ1v) is 7.13. The molecule has 2 rings (SSSR count). The quantitative estimate of drug-likeness (QED) is 0.750. The number of benzene rings is 1. The Balaban J connectivity index is 2.12. The lowest BCUT2D eigenvalue weighted by Crippen LogP contribution is -2.30. The molecular weight excluding hydrogens is 265 g/mol. The lowest BCUT2D eigenvalue weighted by Gasteiger charge is -2.33. The summed E-state index contributed by atoms with van der Waals surface area (Å²) in [6.45, 7) is 12.5. The van der Waals surface area contributed by atoms with Gasteiger partial charge in [0.1, 0.15) is 0 Å². The first kappa shape index (κ1) is 14.2. The van der Waals surface area contributed by atoms with Crippen molar-refractivity contribution in [2.75, 3.05) is 13.1 Å². The van der Waals surface area contributed by atoms with E-state index in [4.69, 9.17) is 23.2 Å². The second kappa shape index (κ2) is 4.70. The molecule has 0 atom stereocenters. The van der Waals surface area contributed by atoms with Crippen LogP contribution in [0.15, 0.2) is 18.2 Å². The van der Waals surface area contributed by atoms with Gasteiger partial charge in [-0.05, 0) is 28.5 Å². The number of halogens is 2. The topological polar surface area (TPSA) is 3.24 Å². The van der Waals surface area contributed by atoms with Gasteiger partial charge in [0, 0.05) is 29.7 Å². The van der Waals surface area contributed by atoms with Gasteiger partial charge in [-0.2, -0.15) is 0 Å². The van der Waals surface area contributed by atoms with Crippen molar-refractivity contribution in [3.63, 3.8) is 0 Å². The van der Waals surface area contributed by atoms with Crippen molar-refractivity contribution < 1.29 is 0 Å². The summed E-state index contributed by atoms with van der Waals surface area (Å²) < 4.78 is 0. The predicted octanol–water partition coefficient (Wildman–Crippen LogP) is 4.86. The average molecular weight is 286 g/mol. The van der Waals surface area contributed by atoms with Gasteiger partial charge in [-0.25, -0.2) is 0 Å². The van der Waals surface area contributed by atoms with E-state index in [1.807, 2.05) is 18.2 Å². The standard InChI is InChI=1S/C15H21Cl2N/c1-14(2)9-18(10-15(14,3)4)8-11-5-6-12(16)7-13(11)17/h5-7H,8-10H2,1-4H3. The van der Waals surface area contributed by atoms with Crippen LogP contribution in [0.25, 0.3) is 0 Å². The third kappa shape index (κ3) is 2.68. The Kier molecular flexibility index (Phi) is 3.70. The molecule has 18 heavy (non-hydrogen) atoms. The predicted molar refractivity (Wildman–Crippen MR) is 79.3 cm³/mol. The zero-order valence-electron chi connectivity index (χ0n) is 11.6. The SMILES string of the molecule is CC1(C)CN(Cc2ccc(Cl)cc2Cl)CC1(C)C. The van der Waals surface area contributed by atoms with Gasteiger partial charge in [-0.3, -0.25) is 4.90 Å². The molecule has 1 aromatic carbocycles. The van der Waals surface area contributed by atoms with Crippen molar-refractivity contribution in [2.24, 2.45) is 10.8 Å². The molecular formula is C15H21Cl2N. The molecule has 0 N–H and O–H groups in total. The number of likely N-dealkylation sites (tertiary alicyclic amines) is 1. The summed E-state index contributed by atoms with van der Waals surface area (Å²) in [5, 5.41) is 1.47. The summed E-state index contributed by atoms with van der Waals surface area (Å²) in [7, 11) is 0. The van der Waals surface area contributed by atoms with E-state index in [2.05, 4.69) is 32.6 Å². The van der Waals surface area contributed by atoms with E-state index in [1.165, 1.54) is 0 Å². The summed E-state index contributed by atoms with van der Waals surface area (Å²) >= 11 is 12.2. The molecule has 0 unspecified atom stereocenters. The van der Waals surface area contributed by atoms with Gasteiger partial charge < -0.3 is 0 Å². The van der Waals surface area contributed by atoms with Crippen LogP contribution in [0, 0.1) is 10.8 Å². The Morgan fingerprint density at radius 3 is 2.11 bits per heavy atom. The molecule has 0 saturated carbocycles. The molecule has 0 bridgehead atoms. The second-order valence-corrected chi connectivity index (χ2v) is 7.49.